The lowest BCUT2D eigenvalue weighted by atomic mass is 9.83. The molecule has 0 saturated carbocycles. The van der Waals surface area contributed by atoms with E-state index in [1.807, 2.05) is 12.3 Å². The summed E-state index contributed by atoms with van der Waals surface area (Å²) in [5.74, 6) is 1.41. The molecule has 2 aromatic heterocycles. The molecule has 0 bridgehead atoms. The van der Waals surface area contributed by atoms with Crippen molar-refractivity contribution in [3.8, 4) is 11.4 Å². The third-order valence-electron chi connectivity index (χ3n) is 4.07. The van der Waals surface area contributed by atoms with Crippen molar-refractivity contribution in [1.29, 1.82) is 0 Å². The minimum absolute atomic E-state index is 0.0527. The molecule has 1 unspecified atom stereocenters. The summed E-state index contributed by atoms with van der Waals surface area (Å²) in [4.78, 5) is 8.79. The predicted molar refractivity (Wildman–Crippen MR) is 76.4 cm³/mol. The van der Waals surface area contributed by atoms with E-state index in [1.165, 1.54) is 0 Å². The van der Waals surface area contributed by atoms with E-state index >= 15 is 0 Å². The van der Waals surface area contributed by atoms with E-state index < -0.39 is 0 Å². The SMILES string of the molecule is CCc1cnccc1-c1noc(C2(C)CCCNC2)n1. The van der Waals surface area contributed by atoms with Gasteiger partial charge in [0.15, 0.2) is 0 Å². The molecule has 0 spiro atoms. The number of hydrogen-bond donors (Lipinski definition) is 1. The minimum atomic E-state index is -0.0527. The Morgan fingerprint density at radius 1 is 1.45 bits per heavy atom. The first-order valence-electron chi connectivity index (χ1n) is 7.21. The van der Waals surface area contributed by atoms with Crippen LogP contribution in [0.1, 0.15) is 38.1 Å². The third-order valence-corrected chi connectivity index (χ3v) is 4.07. The first-order valence-corrected chi connectivity index (χ1v) is 7.21. The van der Waals surface area contributed by atoms with Crippen LogP contribution in [0, 0.1) is 0 Å². The van der Waals surface area contributed by atoms with Gasteiger partial charge in [-0.2, -0.15) is 4.98 Å². The number of aromatic nitrogens is 3. The molecule has 106 valence electrons. The number of nitrogens with one attached hydrogen (secondary N) is 1. The monoisotopic (exact) mass is 272 g/mol. The van der Waals surface area contributed by atoms with Crippen molar-refractivity contribution in [1.82, 2.24) is 20.4 Å². The van der Waals surface area contributed by atoms with Gasteiger partial charge in [0, 0.05) is 24.5 Å². The van der Waals surface area contributed by atoms with Crippen molar-refractivity contribution in [2.45, 2.75) is 38.5 Å². The van der Waals surface area contributed by atoms with Gasteiger partial charge >= 0.3 is 0 Å². The molecule has 1 atom stereocenters. The molecule has 0 radical (unpaired) electrons. The fourth-order valence-corrected chi connectivity index (χ4v) is 2.74. The first-order chi connectivity index (χ1) is 9.73. The van der Waals surface area contributed by atoms with Crippen molar-refractivity contribution in [3.63, 3.8) is 0 Å². The van der Waals surface area contributed by atoms with Gasteiger partial charge in [-0.15, -0.1) is 0 Å². The number of rotatable bonds is 3. The molecule has 3 heterocycles. The van der Waals surface area contributed by atoms with Crippen molar-refractivity contribution >= 4 is 0 Å². The fraction of sp³-hybridized carbons (Fsp3) is 0.533. The van der Waals surface area contributed by atoms with Crippen molar-refractivity contribution in [2.24, 2.45) is 0 Å². The van der Waals surface area contributed by atoms with Gasteiger partial charge in [-0.05, 0) is 44.4 Å². The molecular weight excluding hydrogens is 252 g/mol. The van der Waals surface area contributed by atoms with E-state index in [4.69, 9.17) is 4.52 Å². The van der Waals surface area contributed by atoms with Gasteiger partial charge in [0.2, 0.25) is 11.7 Å². The fourth-order valence-electron chi connectivity index (χ4n) is 2.74. The Labute approximate surface area is 118 Å². The number of hydrogen-bond acceptors (Lipinski definition) is 5. The van der Waals surface area contributed by atoms with Crippen LogP contribution < -0.4 is 5.32 Å². The Kier molecular flexibility index (Phi) is 3.53. The number of pyridine rings is 1. The van der Waals surface area contributed by atoms with Crippen LogP contribution in [0.15, 0.2) is 23.0 Å². The Morgan fingerprint density at radius 3 is 3.10 bits per heavy atom. The van der Waals surface area contributed by atoms with E-state index in [0.29, 0.717) is 5.82 Å². The van der Waals surface area contributed by atoms with E-state index in [1.54, 1.807) is 6.20 Å². The Bertz CT molecular complexity index is 587. The molecule has 1 fully saturated rings. The summed E-state index contributed by atoms with van der Waals surface area (Å²) in [7, 11) is 0. The maximum atomic E-state index is 5.54. The van der Waals surface area contributed by atoms with Gasteiger partial charge in [0.1, 0.15) is 0 Å². The standard InChI is InChI=1S/C15H20N4O/c1-3-11-9-16-8-5-12(11)13-18-14(20-19-13)15(2)6-4-7-17-10-15/h5,8-9,17H,3-4,6-7,10H2,1-2H3. The lowest BCUT2D eigenvalue weighted by molar-refractivity contribution is 0.245. The van der Waals surface area contributed by atoms with Crippen LogP contribution in [0.25, 0.3) is 11.4 Å². The van der Waals surface area contributed by atoms with Gasteiger partial charge in [-0.3, -0.25) is 4.98 Å². The number of piperidine rings is 1. The normalized spacial score (nSPS) is 22.9. The Balaban J connectivity index is 1.94. The van der Waals surface area contributed by atoms with E-state index in [2.05, 4.69) is 34.3 Å². The lowest BCUT2D eigenvalue weighted by Crippen LogP contribution is -2.41. The lowest BCUT2D eigenvalue weighted by Gasteiger charge is -2.30. The smallest absolute Gasteiger partial charge is 0.234 e. The van der Waals surface area contributed by atoms with Crippen molar-refractivity contribution in [3.05, 3.63) is 29.9 Å². The van der Waals surface area contributed by atoms with Gasteiger partial charge in [0.05, 0.1) is 5.41 Å². The van der Waals surface area contributed by atoms with Crippen LogP contribution in [0.5, 0.6) is 0 Å². The Morgan fingerprint density at radius 2 is 2.35 bits per heavy atom. The number of nitrogens with zero attached hydrogens (tertiary/aromatic N) is 3. The van der Waals surface area contributed by atoms with E-state index in [-0.39, 0.29) is 5.41 Å². The third kappa shape index (κ3) is 2.33. The first kappa shape index (κ1) is 13.2. The average Bonchev–Trinajstić information content (AvgIpc) is 2.98. The summed E-state index contributed by atoms with van der Waals surface area (Å²) in [5.41, 5.74) is 2.11. The zero-order chi connectivity index (χ0) is 14.0. The summed E-state index contributed by atoms with van der Waals surface area (Å²) in [5, 5.41) is 7.58. The van der Waals surface area contributed by atoms with Crippen LogP contribution in [0.3, 0.4) is 0 Å². The molecule has 1 aliphatic heterocycles. The summed E-state index contributed by atoms with van der Waals surface area (Å²) in [6, 6.07) is 1.95. The molecule has 1 saturated heterocycles. The second-order valence-corrected chi connectivity index (χ2v) is 5.65. The largest absolute Gasteiger partial charge is 0.338 e. The maximum absolute atomic E-state index is 5.54. The van der Waals surface area contributed by atoms with E-state index in [9.17, 15) is 0 Å². The molecule has 5 heteroatoms. The molecule has 0 amide bonds. The summed E-state index contributed by atoms with van der Waals surface area (Å²) < 4.78 is 5.54. The van der Waals surface area contributed by atoms with Crippen LogP contribution >= 0.6 is 0 Å². The highest BCUT2D eigenvalue weighted by molar-refractivity contribution is 5.58. The van der Waals surface area contributed by atoms with Gasteiger partial charge in [-0.1, -0.05) is 12.1 Å². The van der Waals surface area contributed by atoms with Gasteiger partial charge in [0.25, 0.3) is 0 Å². The minimum Gasteiger partial charge on any atom is -0.338 e. The maximum Gasteiger partial charge on any atom is 0.234 e. The Hall–Kier alpha value is -1.75. The highest BCUT2D eigenvalue weighted by Gasteiger charge is 2.34. The summed E-state index contributed by atoms with van der Waals surface area (Å²) in [6.07, 6.45) is 6.78. The molecule has 0 aliphatic carbocycles. The number of aryl methyl sites for hydroxylation is 1. The van der Waals surface area contributed by atoms with Crippen LogP contribution in [-0.2, 0) is 11.8 Å². The van der Waals surface area contributed by atoms with Crippen LogP contribution in [0.2, 0.25) is 0 Å². The van der Waals surface area contributed by atoms with Gasteiger partial charge < -0.3 is 9.84 Å². The topological polar surface area (TPSA) is 63.8 Å². The molecule has 1 N–H and O–H groups in total. The predicted octanol–water partition coefficient (Wildman–Crippen LogP) is 2.34. The second-order valence-electron chi connectivity index (χ2n) is 5.65. The van der Waals surface area contributed by atoms with Gasteiger partial charge in [-0.25, -0.2) is 0 Å². The van der Waals surface area contributed by atoms with Crippen molar-refractivity contribution in [2.75, 3.05) is 13.1 Å². The van der Waals surface area contributed by atoms with Crippen molar-refractivity contribution < 1.29 is 4.52 Å². The zero-order valence-corrected chi connectivity index (χ0v) is 12.0. The molecule has 5 nitrogen and oxygen atoms in total. The molecule has 2 aromatic rings. The highest BCUT2D eigenvalue weighted by Crippen LogP contribution is 2.31. The second kappa shape index (κ2) is 5.32. The average molecular weight is 272 g/mol. The molecule has 0 aromatic carbocycles. The van der Waals surface area contributed by atoms with Crippen LogP contribution in [0.4, 0.5) is 0 Å². The summed E-state index contributed by atoms with van der Waals surface area (Å²) in [6.45, 7) is 6.25. The quantitative estimate of drug-likeness (QED) is 0.929. The molecular formula is C15H20N4O. The van der Waals surface area contributed by atoms with Crippen LogP contribution in [-0.4, -0.2) is 28.2 Å². The molecule has 20 heavy (non-hydrogen) atoms. The molecule has 3 rings (SSSR count). The van der Waals surface area contributed by atoms with E-state index in [0.717, 1.165) is 49.4 Å². The highest BCUT2D eigenvalue weighted by atomic mass is 16.5. The summed E-state index contributed by atoms with van der Waals surface area (Å²) >= 11 is 0. The zero-order valence-electron chi connectivity index (χ0n) is 12.0. The molecule has 1 aliphatic rings.